The van der Waals surface area contributed by atoms with Crippen LogP contribution in [0.25, 0.3) is 0 Å². The molecule has 1 aromatic rings. The van der Waals surface area contributed by atoms with Crippen molar-refractivity contribution in [1.82, 2.24) is 0 Å². The van der Waals surface area contributed by atoms with E-state index in [1.54, 1.807) is 0 Å². The fourth-order valence-corrected chi connectivity index (χ4v) is 1.09. The monoisotopic (exact) mass is 256 g/mol. The van der Waals surface area contributed by atoms with E-state index in [9.17, 15) is 26.3 Å². The summed E-state index contributed by atoms with van der Waals surface area (Å²) in [5.74, 6) is -6.68. The van der Waals surface area contributed by atoms with Crippen molar-refractivity contribution in [2.24, 2.45) is 0 Å². The molecule has 17 heavy (non-hydrogen) atoms. The van der Waals surface area contributed by atoms with Gasteiger partial charge in [0.25, 0.3) is 0 Å². The Morgan fingerprint density at radius 2 is 1.65 bits per heavy atom. The van der Waals surface area contributed by atoms with E-state index in [1.165, 1.54) is 12.1 Å². The molecule has 1 atom stereocenters. The Morgan fingerprint density at radius 1 is 1.12 bits per heavy atom. The van der Waals surface area contributed by atoms with Gasteiger partial charge in [0, 0.05) is 5.56 Å². The first-order valence-electron chi connectivity index (χ1n) is 4.30. The van der Waals surface area contributed by atoms with Gasteiger partial charge >= 0.3 is 6.18 Å². The van der Waals surface area contributed by atoms with E-state index in [2.05, 4.69) is 0 Å². The first kappa shape index (κ1) is 13.6. The van der Waals surface area contributed by atoms with Crippen LogP contribution >= 0.6 is 0 Å². The van der Waals surface area contributed by atoms with Crippen molar-refractivity contribution in [1.29, 1.82) is 0 Å². The molecule has 94 valence electrons. The van der Waals surface area contributed by atoms with E-state index in [4.69, 9.17) is 5.11 Å². The minimum atomic E-state index is -5.56. The van der Waals surface area contributed by atoms with E-state index in [0.29, 0.717) is 0 Å². The summed E-state index contributed by atoms with van der Waals surface area (Å²) in [6, 6.07) is 4.01. The number of benzene rings is 1. The first-order valence-corrected chi connectivity index (χ1v) is 4.30. The Labute approximate surface area is 92.0 Å². The van der Waals surface area contributed by atoms with Crippen LogP contribution in [0.5, 0.6) is 0 Å². The average Bonchev–Trinajstić information content (AvgIpc) is 2.25. The van der Waals surface area contributed by atoms with Crippen LogP contribution < -0.4 is 0 Å². The van der Waals surface area contributed by atoms with Gasteiger partial charge in [-0.25, -0.2) is 8.78 Å². The van der Waals surface area contributed by atoms with Gasteiger partial charge in [0.05, 0.1) is 0 Å². The van der Waals surface area contributed by atoms with Crippen molar-refractivity contribution in [3.63, 3.8) is 0 Å². The lowest BCUT2D eigenvalue weighted by Crippen LogP contribution is -2.13. The summed E-state index contributed by atoms with van der Waals surface area (Å²) in [5, 5.41) is 9.09. The van der Waals surface area contributed by atoms with Crippen molar-refractivity contribution in [2.75, 3.05) is 0 Å². The predicted octanol–water partition coefficient (Wildman–Crippen LogP) is 3.57. The predicted molar refractivity (Wildman–Crippen MR) is 46.7 cm³/mol. The molecule has 0 aromatic heterocycles. The Hall–Kier alpha value is -1.50. The normalized spacial score (nSPS) is 15.5. The van der Waals surface area contributed by atoms with Crippen LogP contribution in [-0.2, 0) is 0 Å². The smallest absolute Gasteiger partial charge is 0.381 e. The molecule has 1 aromatic carbocycles. The maximum Gasteiger partial charge on any atom is 0.445 e. The first-order chi connectivity index (χ1) is 7.75. The maximum absolute atomic E-state index is 13.0. The molecule has 0 radical (unpaired) electrons. The second-order valence-corrected chi connectivity index (χ2v) is 3.08. The number of aliphatic hydroxyl groups is 1. The topological polar surface area (TPSA) is 20.2 Å². The van der Waals surface area contributed by atoms with Crippen LogP contribution in [0.4, 0.5) is 26.3 Å². The van der Waals surface area contributed by atoms with Crippen LogP contribution in [0.15, 0.2) is 35.9 Å². The third kappa shape index (κ3) is 3.00. The minimum absolute atomic E-state index is 0.774. The molecule has 0 saturated carbocycles. The van der Waals surface area contributed by atoms with Gasteiger partial charge in [-0.1, -0.05) is 18.2 Å². The van der Waals surface area contributed by atoms with E-state index in [-0.39, 0.29) is 0 Å². The molecular formula is C10H6F6O. The molecule has 0 bridgehead atoms. The maximum atomic E-state index is 13.0. The summed E-state index contributed by atoms with van der Waals surface area (Å²) in [6.07, 6.45) is -8.19. The number of allylic oxidation sites excluding steroid dienone is 1. The molecule has 0 aliphatic rings. The van der Waals surface area contributed by atoms with Crippen LogP contribution in [-0.4, -0.2) is 11.3 Å². The lowest BCUT2D eigenvalue weighted by molar-refractivity contribution is -0.112. The number of halogens is 6. The van der Waals surface area contributed by atoms with Gasteiger partial charge in [0.15, 0.2) is 5.83 Å². The quantitative estimate of drug-likeness (QED) is 0.802. The molecule has 0 aliphatic heterocycles. The molecule has 1 rings (SSSR count). The molecule has 0 saturated heterocycles. The average molecular weight is 256 g/mol. The zero-order valence-electron chi connectivity index (χ0n) is 8.10. The highest BCUT2D eigenvalue weighted by atomic mass is 19.4. The summed E-state index contributed by atoms with van der Waals surface area (Å²) in [6.45, 7) is 0. The lowest BCUT2D eigenvalue weighted by Gasteiger charge is -2.12. The van der Waals surface area contributed by atoms with Gasteiger partial charge in [-0.15, -0.1) is 0 Å². The van der Waals surface area contributed by atoms with Crippen molar-refractivity contribution in [3.8, 4) is 0 Å². The van der Waals surface area contributed by atoms with Crippen LogP contribution in [0.2, 0.25) is 0 Å². The Morgan fingerprint density at radius 3 is 2.12 bits per heavy atom. The lowest BCUT2D eigenvalue weighted by atomic mass is 10.1. The fraction of sp³-hybridized carbons (Fsp3) is 0.200. The van der Waals surface area contributed by atoms with Crippen molar-refractivity contribution in [2.45, 2.75) is 12.3 Å². The van der Waals surface area contributed by atoms with Crippen molar-refractivity contribution in [3.05, 3.63) is 47.3 Å². The van der Waals surface area contributed by atoms with Crippen molar-refractivity contribution < 1.29 is 31.4 Å². The summed E-state index contributed by atoms with van der Waals surface area (Å²) in [7, 11) is 0. The minimum Gasteiger partial charge on any atom is -0.381 e. The molecule has 0 amide bonds. The van der Waals surface area contributed by atoms with Gasteiger partial charge in [-0.05, 0) is 6.07 Å². The van der Waals surface area contributed by atoms with Crippen molar-refractivity contribution >= 4 is 0 Å². The number of rotatable bonds is 2. The highest BCUT2D eigenvalue weighted by Crippen LogP contribution is 2.35. The standard InChI is InChI=1S/C10H6F6O/c11-6-4-2-1-3-5(6)8(17)7(12)9(13)10(14,15)16/h1-4,8,17H/b9-7+. The van der Waals surface area contributed by atoms with Crippen LogP contribution in [0, 0.1) is 5.82 Å². The largest absolute Gasteiger partial charge is 0.445 e. The molecule has 0 aliphatic carbocycles. The third-order valence-corrected chi connectivity index (χ3v) is 1.90. The van der Waals surface area contributed by atoms with Gasteiger partial charge in [-0.2, -0.15) is 17.6 Å². The SMILES string of the molecule is OC(/C(F)=C(\F)C(F)(F)F)c1ccccc1F. The summed E-state index contributed by atoms with van der Waals surface area (Å²) in [5.41, 5.74) is -0.774. The molecule has 7 heteroatoms. The summed E-state index contributed by atoms with van der Waals surface area (Å²) < 4.78 is 73.8. The van der Waals surface area contributed by atoms with Crippen LogP contribution in [0.3, 0.4) is 0 Å². The van der Waals surface area contributed by atoms with Gasteiger partial charge < -0.3 is 5.11 Å². The van der Waals surface area contributed by atoms with E-state index in [0.717, 1.165) is 12.1 Å². The van der Waals surface area contributed by atoms with E-state index in [1.807, 2.05) is 0 Å². The van der Waals surface area contributed by atoms with Crippen LogP contribution in [0.1, 0.15) is 11.7 Å². The fourth-order valence-electron chi connectivity index (χ4n) is 1.09. The number of hydrogen-bond donors (Lipinski definition) is 1. The number of hydrogen-bond acceptors (Lipinski definition) is 1. The van der Waals surface area contributed by atoms with E-state index >= 15 is 0 Å². The number of alkyl halides is 3. The third-order valence-electron chi connectivity index (χ3n) is 1.90. The highest BCUT2D eigenvalue weighted by molar-refractivity contribution is 5.26. The molecule has 0 heterocycles. The molecular weight excluding hydrogens is 250 g/mol. The molecule has 1 N–H and O–H groups in total. The molecule has 1 unspecified atom stereocenters. The van der Waals surface area contributed by atoms with Gasteiger partial charge in [0.2, 0.25) is 5.83 Å². The van der Waals surface area contributed by atoms with Gasteiger partial charge in [0.1, 0.15) is 11.9 Å². The number of aliphatic hydroxyl groups excluding tert-OH is 1. The molecule has 0 spiro atoms. The second-order valence-electron chi connectivity index (χ2n) is 3.08. The summed E-state index contributed by atoms with van der Waals surface area (Å²) >= 11 is 0. The second kappa shape index (κ2) is 4.79. The van der Waals surface area contributed by atoms with Gasteiger partial charge in [-0.3, -0.25) is 0 Å². The Balaban J connectivity index is 3.15. The molecule has 0 fully saturated rings. The molecule has 1 nitrogen and oxygen atoms in total. The van der Waals surface area contributed by atoms with E-state index < -0.39 is 35.3 Å². The zero-order chi connectivity index (χ0) is 13.2. The Kier molecular flexibility index (Phi) is 3.82. The Bertz CT molecular complexity index is 437. The highest BCUT2D eigenvalue weighted by Gasteiger charge is 2.40. The zero-order valence-corrected chi connectivity index (χ0v) is 8.10. The summed E-state index contributed by atoms with van der Waals surface area (Å²) in [4.78, 5) is 0.